The van der Waals surface area contributed by atoms with Crippen LogP contribution in [0.15, 0.2) is 42.6 Å². The average Bonchev–Trinajstić information content (AvgIpc) is 2.95. The molecule has 152 valence electrons. The van der Waals surface area contributed by atoms with Gasteiger partial charge in [0.1, 0.15) is 5.82 Å². The van der Waals surface area contributed by atoms with Crippen LogP contribution in [0.25, 0.3) is 0 Å². The molecule has 0 spiro atoms. The van der Waals surface area contributed by atoms with Crippen molar-refractivity contribution in [1.82, 2.24) is 19.7 Å². The fourth-order valence-corrected chi connectivity index (χ4v) is 4.15. The number of benzene rings is 1. The SMILES string of the molecule is Cc1ncccc1C(=O)N1CCC2C(=O)N(Cc3ccc(F)cc3)CCN2CC1. The molecule has 1 atom stereocenters. The molecule has 0 radical (unpaired) electrons. The third-order valence-corrected chi connectivity index (χ3v) is 5.84. The van der Waals surface area contributed by atoms with Gasteiger partial charge >= 0.3 is 0 Å². The molecular weight excluding hydrogens is 371 g/mol. The molecule has 2 aliphatic heterocycles. The van der Waals surface area contributed by atoms with Crippen molar-refractivity contribution in [2.45, 2.75) is 25.9 Å². The highest BCUT2D eigenvalue weighted by Crippen LogP contribution is 2.21. The van der Waals surface area contributed by atoms with E-state index in [9.17, 15) is 14.0 Å². The maximum Gasteiger partial charge on any atom is 0.255 e. The zero-order chi connectivity index (χ0) is 20.4. The molecule has 1 unspecified atom stereocenters. The van der Waals surface area contributed by atoms with Gasteiger partial charge in [-0.05, 0) is 43.2 Å². The van der Waals surface area contributed by atoms with E-state index in [4.69, 9.17) is 0 Å². The van der Waals surface area contributed by atoms with Gasteiger partial charge < -0.3 is 9.80 Å². The van der Waals surface area contributed by atoms with Crippen LogP contribution in [0, 0.1) is 12.7 Å². The van der Waals surface area contributed by atoms with Crippen molar-refractivity contribution in [2.75, 3.05) is 32.7 Å². The minimum atomic E-state index is -0.276. The number of aryl methyl sites for hydroxylation is 1. The highest BCUT2D eigenvalue weighted by Gasteiger charge is 2.37. The van der Waals surface area contributed by atoms with E-state index in [-0.39, 0.29) is 23.7 Å². The van der Waals surface area contributed by atoms with Crippen LogP contribution < -0.4 is 0 Å². The van der Waals surface area contributed by atoms with E-state index in [1.165, 1.54) is 12.1 Å². The predicted octanol–water partition coefficient (Wildman–Crippen LogP) is 2.09. The number of piperazine rings is 1. The molecule has 29 heavy (non-hydrogen) atoms. The molecule has 4 rings (SSSR count). The Morgan fingerprint density at radius 2 is 1.86 bits per heavy atom. The number of fused-ring (bicyclic) bond motifs is 1. The molecule has 2 fully saturated rings. The Morgan fingerprint density at radius 1 is 1.10 bits per heavy atom. The summed E-state index contributed by atoms with van der Waals surface area (Å²) in [6.45, 7) is 5.59. The van der Waals surface area contributed by atoms with Crippen LogP contribution in [-0.2, 0) is 11.3 Å². The number of nitrogens with zero attached hydrogens (tertiary/aromatic N) is 4. The van der Waals surface area contributed by atoms with Gasteiger partial charge in [0, 0.05) is 51.2 Å². The second kappa shape index (κ2) is 8.29. The molecule has 0 bridgehead atoms. The summed E-state index contributed by atoms with van der Waals surface area (Å²) in [6, 6.07) is 9.66. The minimum absolute atomic E-state index is 0.0222. The molecule has 0 N–H and O–H groups in total. The van der Waals surface area contributed by atoms with Gasteiger partial charge in [-0.15, -0.1) is 0 Å². The second-order valence-corrected chi connectivity index (χ2v) is 7.66. The van der Waals surface area contributed by atoms with Crippen LogP contribution in [0.3, 0.4) is 0 Å². The maximum absolute atomic E-state index is 13.1. The molecule has 3 heterocycles. The summed E-state index contributed by atoms with van der Waals surface area (Å²) in [7, 11) is 0. The lowest BCUT2D eigenvalue weighted by Gasteiger charge is -2.39. The van der Waals surface area contributed by atoms with Crippen LogP contribution in [0.4, 0.5) is 4.39 Å². The Hall–Kier alpha value is -2.80. The first-order chi connectivity index (χ1) is 14.0. The first-order valence-corrected chi connectivity index (χ1v) is 10.0. The zero-order valence-electron chi connectivity index (χ0n) is 16.6. The molecule has 0 saturated carbocycles. The van der Waals surface area contributed by atoms with Gasteiger partial charge in [-0.25, -0.2) is 4.39 Å². The number of rotatable bonds is 3. The van der Waals surface area contributed by atoms with Crippen LogP contribution in [0.5, 0.6) is 0 Å². The quantitative estimate of drug-likeness (QED) is 0.797. The van der Waals surface area contributed by atoms with E-state index in [0.29, 0.717) is 44.7 Å². The van der Waals surface area contributed by atoms with E-state index >= 15 is 0 Å². The topological polar surface area (TPSA) is 56.8 Å². The van der Waals surface area contributed by atoms with Crippen molar-refractivity contribution in [3.8, 4) is 0 Å². The highest BCUT2D eigenvalue weighted by atomic mass is 19.1. The number of aromatic nitrogens is 1. The van der Waals surface area contributed by atoms with Crippen molar-refractivity contribution in [1.29, 1.82) is 0 Å². The number of halogens is 1. The molecule has 2 saturated heterocycles. The monoisotopic (exact) mass is 396 g/mol. The molecule has 0 aliphatic carbocycles. The highest BCUT2D eigenvalue weighted by molar-refractivity contribution is 5.95. The summed E-state index contributed by atoms with van der Waals surface area (Å²) in [5.74, 6) is -0.208. The maximum atomic E-state index is 13.1. The molecule has 2 aliphatic rings. The lowest BCUT2D eigenvalue weighted by Crippen LogP contribution is -2.56. The molecular formula is C22H25FN4O2. The van der Waals surface area contributed by atoms with E-state index in [1.54, 1.807) is 30.5 Å². The van der Waals surface area contributed by atoms with Crippen molar-refractivity contribution in [2.24, 2.45) is 0 Å². The molecule has 6 nitrogen and oxygen atoms in total. The number of carbonyl (C=O) groups excluding carboxylic acids is 2. The fourth-order valence-electron chi connectivity index (χ4n) is 4.15. The van der Waals surface area contributed by atoms with E-state index in [0.717, 1.165) is 17.8 Å². The van der Waals surface area contributed by atoms with Crippen LogP contribution in [0.1, 0.15) is 28.0 Å². The lowest BCUT2D eigenvalue weighted by molar-refractivity contribution is -0.142. The van der Waals surface area contributed by atoms with Gasteiger partial charge in [0.2, 0.25) is 5.91 Å². The summed E-state index contributed by atoms with van der Waals surface area (Å²) in [4.78, 5) is 36.1. The molecule has 1 aromatic heterocycles. The van der Waals surface area contributed by atoms with Crippen LogP contribution in [0.2, 0.25) is 0 Å². The minimum Gasteiger partial charge on any atom is -0.337 e. The van der Waals surface area contributed by atoms with E-state index in [2.05, 4.69) is 9.88 Å². The van der Waals surface area contributed by atoms with E-state index in [1.807, 2.05) is 16.7 Å². The molecule has 2 amide bonds. The Balaban J connectivity index is 1.43. The number of pyridine rings is 1. The number of carbonyl (C=O) groups is 2. The molecule has 7 heteroatoms. The summed E-state index contributed by atoms with van der Waals surface area (Å²) in [6.07, 6.45) is 2.30. The zero-order valence-corrected chi connectivity index (χ0v) is 16.6. The van der Waals surface area contributed by atoms with Crippen molar-refractivity contribution < 1.29 is 14.0 Å². The van der Waals surface area contributed by atoms with Gasteiger partial charge in [-0.2, -0.15) is 0 Å². The normalized spacial score (nSPS) is 20.3. The van der Waals surface area contributed by atoms with Crippen LogP contribution >= 0.6 is 0 Å². The van der Waals surface area contributed by atoms with Gasteiger partial charge in [-0.3, -0.25) is 19.5 Å². The Kier molecular flexibility index (Phi) is 5.58. The smallest absolute Gasteiger partial charge is 0.255 e. The van der Waals surface area contributed by atoms with Crippen molar-refractivity contribution in [3.63, 3.8) is 0 Å². The Bertz CT molecular complexity index is 902. The molecule has 1 aromatic carbocycles. The lowest BCUT2D eigenvalue weighted by atomic mass is 10.1. The third-order valence-electron chi connectivity index (χ3n) is 5.84. The number of hydrogen-bond donors (Lipinski definition) is 0. The summed E-state index contributed by atoms with van der Waals surface area (Å²) >= 11 is 0. The first-order valence-electron chi connectivity index (χ1n) is 10.0. The largest absolute Gasteiger partial charge is 0.337 e. The van der Waals surface area contributed by atoms with Crippen molar-refractivity contribution in [3.05, 3.63) is 65.2 Å². The van der Waals surface area contributed by atoms with Crippen molar-refractivity contribution >= 4 is 11.8 Å². The number of hydrogen-bond acceptors (Lipinski definition) is 4. The summed E-state index contributed by atoms with van der Waals surface area (Å²) in [5.41, 5.74) is 2.27. The van der Waals surface area contributed by atoms with Gasteiger partial charge in [0.15, 0.2) is 0 Å². The standard InChI is InChI=1S/C22H25FN4O2/c1-16-19(3-2-9-24-16)21(28)26-10-8-20-22(29)27(14-12-25(20)11-13-26)15-17-4-6-18(23)7-5-17/h2-7,9,20H,8,10-15H2,1H3. The van der Waals surface area contributed by atoms with Gasteiger partial charge in [0.05, 0.1) is 11.6 Å². The first kappa shape index (κ1) is 19.5. The van der Waals surface area contributed by atoms with Gasteiger partial charge in [-0.1, -0.05) is 12.1 Å². The molecule has 2 aromatic rings. The summed E-state index contributed by atoms with van der Waals surface area (Å²) < 4.78 is 13.1. The van der Waals surface area contributed by atoms with E-state index < -0.39 is 0 Å². The number of amides is 2. The van der Waals surface area contributed by atoms with Crippen LogP contribution in [-0.4, -0.2) is 70.3 Å². The second-order valence-electron chi connectivity index (χ2n) is 7.66. The average molecular weight is 396 g/mol. The third kappa shape index (κ3) is 4.15. The van der Waals surface area contributed by atoms with Gasteiger partial charge in [0.25, 0.3) is 5.91 Å². The fraction of sp³-hybridized carbons (Fsp3) is 0.409. The summed E-state index contributed by atoms with van der Waals surface area (Å²) in [5, 5.41) is 0. The predicted molar refractivity (Wildman–Crippen MR) is 107 cm³/mol. The Morgan fingerprint density at radius 3 is 2.62 bits per heavy atom. The Labute approximate surface area is 169 Å².